The molecule has 0 saturated carbocycles. The fourth-order valence-electron chi connectivity index (χ4n) is 12.6. The molecular formula is C69H74B2N4. The minimum absolute atomic E-state index is 0.00666. The van der Waals surface area contributed by atoms with Gasteiger partial charge in [-0.25, -0.2) is 0 Å². The molecule has 0 spiro atoms. The minimum atomic E-state index is -0.141. The number of hydrogen-bond donors (Lipinski definition) is 0. The lowest BCUT2D eigenvalue weighted by molar-refractivity contribution is 0.589. The third kappa shape index (κ3) is 7.78. The number of hydrogen-bond acceptors (Lipinski definition) is 4. The Morgan fingerprint density at radius 2 is 0.787 bits per heavy atom. The summed E-state index contributed by atoms with van der Waals surface area (Å²) in [5, 5.41) is 0. The number of anilines is 10. The molecule has 4 nitrogen and oxygen atoms in total. The largest absolute Gasteiger partial charge is 0.421 e. The Morgan fingerprint density at radius 1 is 0.307 bits per heavy atom. The standard InChI is InChI=1S/C69H74B2N4/c1-43-36-47(68(11,12)13)37-53-52-24-20-21-25-56(52)75-60-42-58-55(41-59(60)74(71(75)63(43)53)51-22-18-17-19-23-51)70-54-38-46(67(8,9)10)30-35-57(54)72(49-31-26-44(27-32-49)65(2,3)4)61-39-48(69(14,15)16)40-62(64(61)70)73(58)50-33-28-45(29-34-50)66(5,6)7/h17-42H,1-16H3. The monoisotopic (exact) mass is 981 g/mol. The molecule has 0 amide bonds. The van der Waals surface area contributed by atoms with Crippen molar-refractivity contribution in [3.8, 4) is 11.1 Å². The van der Waals surface area contributed by atoms with Crippen LogP contribution in [0.4, 0.5) is 56.9 Å². The summed E-state index contributed by atoms with van der Waals surface area (Å²) in [4.78, 5) is 10.6. The Kier molecular flexibility index (Phi) is 10.8. The van der Waals surface area contributed by atoms with Gasteiger partial charge in [0.1, 0.15) is 0 Å². The van der Waals surface area contributed by atoms with E-state index in [4.69, 9.17) is 0 Å². The molecular weight excluding hydrogens is 906 g/mol. The molecule has 376 valence electrons. The molecule has 4 heterocycles. The smallest absolute Gasteiger partial charge is 0.360 e. The molecule has 0 aromatic heterocycles. The summed E-state index contributed by atoms with van der Waals surface area (Å²) in [7, 11) is 0. The van der Waals surface area contributed by atoms with Crippen LogP contribution in [0.5, 0.6) is 0 Å². The van der Waals surface area contributed by atoms with Gasteiger partial charge in [0, 0.05) is 51.1 Å². The maximum absolute atomic E-state index is 2.67. The summed E-state index contributed by atoms with van der Waals surface area (Å²) >= 11 is 0. The van der Waals surface area contributed by atoms with Crippen LogP contribution < -0.4 is 41.3 Å². The van der Waals surface area contributed by atoms with Crippen LogP contribution in [0.2, 0.25) is 0 Å². The summed E-state index contributed by atoms with van der Waals surface area (Å²) in [6, 6.07) is 61.9. The number of rotatable bonds is 3. The van der Waals surface area contributed by atoms with Gasteiger partial charge in [-0.1, -0.05) is 194 Å². The first kappa shape index (κ1) is 49.0. The molecule has 0 radical (unpaired) electrons. The molecule has 0 bridgehead atoms. The van der Waals surface area contributed by atoms with E-state index in [1.54, 1.807) is 0 Å². The van der Waals surface area contributed by atoms with E-state index in [1.165, 1.54) is 118 Å². The van der Waals surface area contributed by atoms with E-state index in [1.807, 2.05) is 0 Å². The van der Waals surface area contributed by atoms with Gasteiger partial charge in [0.2, 0.25) is 0 Å². The van der Waals surface area contributed by atoms with Crippen molar-refractivity contribution >= 4 is 92.4 Å². The van der Waals surface area contributed by atoms with Crippen LogP contribution in [-0.2, 0) is 27.1 Å². The number of para-hydroxylation sites is 2. The van der Waals surface area contributed by atoms with Crippen LogP contribution in [0, 0.1) is 6.92 Å². The fraction of sp³-hybridized carbons (Fsp3) is 0.304. The lowest BCUT2D eigenvalue weighted by Gasteiger charge is -2.46. The predicted molar refractivity (Wildman–Crippen MR) is 327 cm³/mol. The van der Waals surface area contributed by atoms with Gasteiger partial charge in [-0.05, 0) is 162 Å². The summed E-state index contributed by atoms with van der Waals surface area (Å²) in [6.07, 6.45) is 0. The van der Waals surface area contributed by atoms with Crippen molar-refractivity contribution in [1.82, 2.24) is 0 Å². The van der Waals surface area contributed by atoms with Gasteiger partial charge < -0.3 is 19.4 Å². The van der Waals surface area contributed by atoms with Gasteiger partial charge in [-0.15, -0.1) is 0 Å². The van der Waals surface area contributed by atoms with E-state index in [2.05, 4.69) is 288 Å². The normalized spacial score (nSPS) is 14.8. The highest BCUT2D eigenvalue weighted by Crippen LogP contribution is 2.55. The van der Waals surface area contributed by atoms with Crippen molar-refractivity contribution in [2.75, 3.05) is 19.4 Å². The van der Waals surface area contributed by atoms with Crippen LogP contribution >= 0.6 is 0 Å². The zero-order chi connectivity index (χ0) is 53.1. The number of nitrogens with zero attached hydrogens (tertiary/aromatic N) is 4. The first-order valence-electron chi connectivity index (χ1n) is 27.5. The van der Waals surface area contributed by atoms with Gasteiger partial charge in [0.05, 0.1) is 11.4 Å². The van der Waals surface area contributed by atoms with Crippen LogP contribution in [-0.4, -0.2) is 13.7 Å². The Morgan fingerprint density at radius 3 is 1.35 bits per heavy atom. The second kappa shape index (κ2) is 16.5. The van der Waals surface area contributed by atoms with E-state index >= 15 is 0 Å². The maximum Gasteiger partial charge on any atom is 0.421 e. The van der Waals surface area contributed by atoms with E-state index in [-0.39, 0.29) is 40.8 Å². The van der Waals surface area contributed by atoms with Gasteiger partial charge in [0.15, 0.2) is 0 Å². The first-order chi connectivity index (χ1) is 35.3. The third-order valence-corrected chi connectivity index (χ3v) is 16.9. The average Bonchev–Trinajstić information content (AvgIpc) is 3.86. The Labute approximate surface area is 449 Å². The van der Waals surface area contributed by atoms with Gasteiger partial charge in [0.25, 0.3) is 6.71 Å². The van der Waals surface area contributed by atoms with Crippen LogP contribution in [0.15, 0.2) is 158 Å². The lowest BCUT2D eigenvalue weighted by atomic mass is 9.33. The lowest BCUT2D eigenvalue weighted by Crippen LogP contribution is -2.61. The quantitative estimate of drug-likeness (QED) is 0.164. The van der Waals surface area contributed by atoms with Gasteiger partial charge in [-0.3, -0.25) is 0 Å². The molecule has 12 rings (SSSR count). The highest BCUT2D eigenvalue weighted by atomic mass is 15.3. The molecule has 4 aliphatic heterocycles. The maximum atomic E-state index is 2.67. The molecule has 75 heavy (non-hydrogen) atoms. The first-order valence-corrected chi connectivity index (χ1v) is 27.5. The number of fused-ring (bicyclic) bond motifs is 12. The van der Waals surface area contributed by atoms with E-state index in [0.29, 0.717) is 0 Å². The van der Waals surface area contributed by atoms with Crippen molar-refractivity contribution < 1.29 is 0 Å². The topological polar surface area (TPSA) is 13.0 Å². The molecule has 0 saturated heterocycles. The van der Waals surface area contributed by atoms with Crippen molar-refractivity contribution in [3.63, 3.8) is 0 Å². The highest BCUT2D eigenvalue weighted by molar-refractivity contribution is 7.00. The van der Waals surface area contributed by atoms with Gasteiger partial charge in [-0.2, -0.15) is 0 Å². The molecule has 8 aromatic carbocycles. The number of aryl methyl sites for hydroxylation is 1. The summed E-state index contributed by atoms with van der Waals surface area (Å²) in [5.41, 5.74) is 27.9. The van der Waals surface area contributed by atoms with Gasteiger partial charge >= 0.3 is 6.98 Å². The molecule has 0 unspecified atom stereocenters. The van der Waals surface area contributed by atoms with Crippen molar-refractivity contribution in [1.29, 1.82) is 0 Å². The number of benzene rings is 8. The summed E-state index contributed by atoms with van der Waals surface area (Å²) in [6.45, 7) is 37.2. The van der Waals surface area contributed by atoms with Crippen molar-refractivity contribution in [2.45, 2.75) is 138 Å². The highest BCUT2D eigenvalue weighted by Gasteiger charge is 2.52. The Hall–Kier alpha value is -6.91. The molecule has 4 aliphatic rings. The molecule has 0 N–H and O–H groups in total. The third-order valence-electron chi connectivity index (χ3n) is 16.9. The second-order valence-electron chi connectivity index (χ2n) is 27.3. The fourth-order valence-corrected chi connectivity index (χ4v) is 12.6. The average molecular weight is 981 g/mol. The minimum Gasteiger partial charge on any atom is -0.360 e. The summed E-state index contributed by atoms with van der Waals surface area (Å²) < 4.78 is 0. The zero-order valence-corrected chi connectivity index (χ0v) is 47.5. The molecule has 0 atom stereocenters. The van der Waals surface area contributed by atoms with Crippen molar-refractivity contribution in [2.24, 2.45) is 0 Å². The van der Waals surface area contributed by atoms with Crippen LogP contribution in [0.1, 0.15) is 137 Å². The van der Waals surface area contributed by atoms with E-state index < -0.39 is 0 Å². The molecule has 6 heteroatoms. The SMILES string of the molecule is Cc1cc(C(C)(C)C)cc2c1B1N(c3ccccc3)c3cc4c(cc3N1c1ccccc1-2)N(c1ccc(C(C)(C)C)cc1)c1cc(C(C)(C)C)cc2c1B4c1cc(C(C)(C)C)ccc1N2c1ccc(C(C)(C)C)cc1. The van der Waals surface area contributed by atoms with Crippen LogP contribution in [0.25, 0.3) is 11.1 Å². The Balaban J connectivity index is 1.21. The zero-order valence-electron chi connectivity index (χ0n) is 47.5. The summed E-state index contributed by atoms with van der Waals surface area (Å²) in [5.74, 6) is 0. The second-order valence-corrected chi connectivity index (χ2v) is 27.3. The molecule has 8 aromatic rings. The van der Waals surface area contributed by atoms with Crippen LogP contribution in [0.3, 0.4) is 0 Å². The van der Waals surface area contributed by atoms with E-state index in [0.717, 1.165) is 5.69 Å². The predicted octanol–water partition coefficient (Wildman–Crippen LogP) is 16.2. The Bertz CT molecular complexity index is 3600. The van der Waals surface area contributed by atoms with E-state index in [9.17, 15) is 0 Å². The molecule has 0 fully saturated rings. The van der Waals surface area contributed by atoms with Crippen molar-refractivity contribution in [3.05, 3.63) is 191 Å². The molecule has 0 aliphatic carbocycles.